The number of nitrogens with zero attached hydrogens (tertiary/aromatic N) is 4. The van der Waals surface area contributed by atoms with Gasteiger partial charge in [-0.1, -0.05) is 20.3 Å². The lowest BCUT2D eigenvalue weighted by Gasteiger charge is -2.35. The molecule has 6 nitrogen and oxygen atoms in total. The van der Waals surface area contributed by atoms with Crippen LogP contribution in [-0.2, 0) is 0 Å². The molecule has 2 aliphatic rings. The van der Waals surface area contributed by atoms with Gasteiger partial charge in [0.05, 0.1) is 11.2 Å². The number of rotatable bonds is 7. The van der Waals surface area contributed by atoms with Gasteiger partial charge in [0.2, 0.25) is 5.43 Å². The van der Waals surface area contributed by atoms with Crippen molar-refractivity contribution in [1.82, 2.24) is 14.4 Å². The summed E-state index contributed by atoms with van der Waals surface area (Å²) in [6.45, 7) is 9.15. The molecule has 2 aromatic rings. The summed E-state index contributed by atoms with van der Waals surface area (Å²) < 4.78 is 17.2. The quantitative estimate of drug-likeness (QED) is 0.677. The lowest BCUT2D eigenvalue weighted by Crippen LogP contribution is -2.46. The van der Waals surface area contributed by atoms with E-state index in [9.17, 15) is 9.59 Å². The van der Waals surface area contributed by atoms with Gasteiger partial charge >= 0.3 is 0 Å². The predicted octanol–water partition coefficient (Wildman–Crippen LogP) is 3.49. The van der Waals surface area contributed by atoms with Crippen LogP contribution in [0, 0.1) is 5.82 Å². The lowest BCUT2D eigenvalue weighted by atomic mass is 10.1. The van der Waals surface area contributed by atoms with E-state index in [1.807, 2.05) is 10.6 Å². The summed E-state index contributed by atoms with van der Waals surface area (Å²) in [4.78, 5) is 32.2. The van der Waals surface area contributed by atoms with Crippen LogP contribution < -0.4 is 10.3 Å². The van der Waals surface area contributed by atoms with Gasteiger partial charge in [-0.25, -0.2) is 4.39 Å². The Morgan fingerprint density at radius 3 is 2.48 bits per heavy atom. The molecule has 4 rings (SSSR count). The molecule has 0 spiro atoms. The molecule has 0 atom stereocenters. The molecule has 168 valence electrons. The van der Waals surface area contributed by atoms with E-state index in [4.69, 9.17) is 0 Å². The highest BCUT2D eigenvalue weighted by atomic mass is 19.1. The lowest BCUT2D eigenvalue weighted by molar-refractivity contribution is 0.0791. The summed E-state index contributed by atoms with van der Waals surface area (Å²) in [5, 5.41) is 0.301. The summed E-state index contributed by atoms with van der Waals surface area (Å²) in [5.41, 5.74) is 1.05. The maximum atomic E-state index is 15.2. The average Bonchev–Trinajstić information content (AvgIpc) is 3.62. The van der Waals surface area contributed by atoms with Crippen LogP contribution in [0.3, 0.4) is 0 Å². The number of anilines is 1. The van der Waals surface area contributed by atoms with Crippen molar-refractivity contribution in [2.75, 3.05) is 51.2 Å². The number of carbonyl (C=O) groups is 1. The highest BCUT2D eigenvalue weighted by molar-refractivity contribution is 5.97. The van der Waals surface area contributed by atoms with Crippen molar-refractivity contribution in [2.24, 2.45) is 0 Å². The van der Waals surface area contributed by atoms with Gasteiger partial charge in [0.1, 0.15) is 11.4 Å². The van der Waals surface area contributed by atoms with Crippen molar-refractivity contribution in [3.63, 3.8) is 0 Å². The Hall–Kier alpha value is -2.41. The van der Waals surface area contributed by atoms with Crippen LogP contribution in [0.15, 0.2) is 23.1 Å². The molecule has 1 saturated heterocycles. The maximum absolute atomic E-state index is 15.2. The number of amides is 1. The van der Waals surface area contributed by atoms with Crippen molar-refractivity contribution < 1.29 is 9.18 Å². The average molecular weight is 429 g/mol. The number of benzene rings is 1. The molecule has 0 bridgehead atoms. The molecule has 2 heterocycles. The number of hydrogen-bond donors (Lipinski definition) is 0. The Labute approximate surface area is 183 Å². The van der Waals surface area contributed by atoms with Crippen LogP contribution in [0.5, 0.6) is 0 Å². The van der Waals surface area contributed by atoms with Gasteiger partial charge in [-0.05, 0) is 37.9 Å². The first-order valence-electron chi connectivity index (χ1n) is 11.6. The molecule has 1 amide bonds. The van der Waals surface area contributed by atoms with E-state index in [0.717, 1.165) is 63.9 Å². The Morgan fingerprint density at radius 1 is 1.16 bits per heavy atom. The molecule has 0 unspecified atom stereocenters. The fraction of sp³-hybridized carbons (Fsp3) is 0.583. The van der Waals surface area contributed by atoms with Gasteiger partial charge in [0.25, 0.3) is 5.91 Å². The van der Waals surface area contributed by atoms with E-state index in [1.165, 1.54) is 6.07 Å². The summed E-state index contributed by atoms with van der Waals surface area (Å²) >= 11 is 0. The minimum absolute atomic E-state index is 0.140. The van der Waals surface area contributed by atoms with Gasteiger partial charge in [-0.15, -0.1) is 0 Å². The fourth-order valence-electron chi connectivity index (χ4n) is 4.42. The molecule has 1 aromatic heterocycles. The predicted molar refractivity (Wildman–Crippen MR) is 123 cm³/mol. The number of likely N-dealkylation sites (N-methyl/N-ethyl adjacent to an activating group) is 1. The standard InChI is InChI=1S/C24H33FN4O2/c1-4-6-9-26(3)24(31)19-16-29(17-7-8-17)21-15-22(20(25)14-18(21)23(19)30)28-12-10-27(5-2)11-13-28/h14-17H,4-13H2,1-3H3. The maximum Gasteiger partial charge on any atom is 0.259 e. The number of piperazine rings is 1. The van der Waals surface area contributed by atoms with Crippen molar-refractivity contribution in [1.29, 1.82) is 0 Å². The number of halogens is 1. The Bertz CT molecular complexity index is 1020. The minimum atomic E-state index is -0.388. The van der Waals surface area contributed by atoms with Crippen LogP contribution in [0.4, 0.5) is 10.1 Å². The smallest absolute Gasteiger partial charge is 0.259 e. The van der Waals surface area contributed by atoms with Crippen LogP contribution >= 0.6 is 0 Å². The second-order valence-corrected chi connectivity index (χ2v) is 8.83. The van der Waals surface area contributed by atoms with E-state index in [2.05, 4.69) is 23.6 Å². The summed E-state index contributed by atoms with van der Waals surface area (Å²) in [7, 11) is 1.72. The molecule has 31 heavy (non-hydrogen) atoms. The number of unbranched alkanes of at least 4 members (excludes halogenated alkanes) is 1. The van der Waals surface area contributed by atoms with E-state index in [0.29, 0.717) is 17.6 Å². The van der Waals surface area contributed by atoms with Crippen LogP contribution in [-0.4, -0.2) is 66.6 Å². The molecule has 1 aromatic carbocycles. The van der Waals surface area contributed by atoms with E-state index in [1.54, 1.807) is 18.1 Å². The third-order valence-corrected chi connectivity index (χ3v) is 6.63. The Morgan fingerprint density at radius 2 is 1.87 bits per heavy atom. The first kappa shape index (κ1) is 21.8. The van der Waals surface area contributed by atoms with Crippen molar-refractivity contribution >= 4 is 22.5 Å². The molecule has 0 radical (unpaired) electrons. The van der Waals surface area contributed by atoms with Crippen molar-refractivity contribution in [3.05, 3.63) is 39.9 Å². The van der Waals surface area contributed by atoms with Crippen LogP contribution in [0.2, 0.25) is 0 Å². The SMILES string of the molecule is CCCCN(C)C(=O)c1cn(C2CC2)c2cc(N3CCN(CC)CC3)c(F)cc2c1=O. The van der Waals surface area contributed by atoms with Gasteiger partial charge < -0.3 is 19.3 Å². The third-order valence-electron chi connectivity index (χ3n) is 6.63. The number of fused-ring (bicyclic) bond motifs is 1. The molecule has 1 aliphatic heterocycles. The Balaban J connectivity index is 1.75. The Kier molecular flexibility index (Phi) is 6.32. The first-order valence-corrected chi connectivity index (χ1v) is 11.6. The summed E-state index contributed by atoms with van der Waals surface area (Å²) in [5.74, 6) is -0.671. The van der Waals surface area contributed by atoms with Crippen LogP contribution in [0.1, 0.15) is 55.9 Å². The van der Waals surface area contributed by atoms with E-state index in [-0.39, 0.29) is 28.8 Å². The molecule has 2 fully saturated rings. The molecular formula is C24H33FN4O2. The molecule has 7 heteroatoms. The van der Waals surface area contributed by atoms with Gasteiger partial charge in [0, 0.05) is 57.4 Å². The fourth-order valence-corrected chi connectivity index (χ4v) is 4.42. The van der Waals surface area contributed by atoms with Crippen molar-refractivity contribution in [3.8, 4) is 0 Å². The molecule has 0 N–H and O–H groups in total. The second kappa shape index (κ2) is 8.99. The zero-order chi connectivity index (χ0) is 22.1. The summed E-state index contributed by atoms with van der Waals surface area (Å²) in [6.07, 6.45) is 5.60. The largest absolute Gasteiger partial charge is 0.367 e. The summed E-state index contributed by atoms with van der Waals surface area (Å²) in [6, 6.07) is 3.44. The van der Waals surface area contributed by atoms with E-state index < -0.39 is 0 Å². The van der Waals surface area contributed by atoms with E-state index >= 15 is 4.39 Å². The second-order valence-electron chi connectivity index (χ2n) is 8.83. The normalized spacial score (nSPS) is 17.4. The number of pyridine rings is 1. The van der Waals surface area contributed by atoms with Crippen molar-refractivity contribution in [2.45, 2.75) is 45.6 Å². The third kappa shape index (κ3) is 4.33. The highest BCUT2D eigenvalue weighted by Gasteiger charge is 2.29. The highest BCUT2D eigenvalue weighted by Crippen LogP contribution is 2.38. The topological polar surface area (TPSA) is 48.8 Å². The molecular weight excluding hydrogens is 395 g/mol. The minimum Gasteiger partial charge on any atom is -0.367 e. The van der Waals surface area contributed by atoms with Gasteiger partial charge in [0.15, 0.2) is 0 Å². The zero-order valence-electron chi connectivity index (χ0n) is 18.9. The number of hydrogen-bond acceptors (Lipinski definition) is 4. The monoisotopic (exact) mass is 428 g/mol. The van der Waals surface area contributed by atoms with Gasteiger partial charge in [-0.2, -0.15) is 0 Å². The van der Waals surface area contributed by atoms with Crippen LogP contribution in [0.25, 0.3) is 10.9 Å². The number of carbonyl (C=O) groups excluding carboxylic acids is 1. The zero-order valence-corrected chi connectivity index (χ0v) is 18.9. The van der Waals surface area contributed by atoms with Gasteiger partial charge in [-0.3, -0.25) is 9.59 Å². The first-order chi connectivity index (χ1) is 14.9. The molecule has 1 saturated carbocycles. The molecule has 1 aliphatic carbocycles. The number of aromatic nitrogens is 1.